The molecule has 0 aromatic heterocycles. The molecule has 0 amide bonds. The van der Waals surface area contributed by atoms with Gasteiger partial charge < -0.3 is 0 Å². The van der Waals surface area contributed by atoms with E-state index in [-0.39, 0.29) is 0 Å². The summed E-state index contributed by atoms with van der Waals surface area (Å²) >= 11 is 1.58. The van der Waals surface area contributed by atoms with Crippen LogP contribution in [-0.2, 0) is 24.7 Å². The fraction of sp³-hybridized carbons (Fsp3) is 0.333. The SMILES string of the molecule is CC(C1=CC=CC1)C1=[C]([Zr])CC=C1. The second-order valence-corrected chi connectivity index (χ2v) is 5.12. The molecule has 1 atom stereocenters. The number of hydrogen-bond acceptors (Lipinski definition) is 0. The molecular weight excluding hydrogens is 235 g/mol. The first-order valence-corrected chi connectivity index (χ1v) is 5.98. The maximum atomic E-state index is 2.33. The first-order valence-electron chi connectivity index (χ1n) is 4.76. The predicted octanol–water partition coefficient (Wildman–Crippen LogP) is 3.27. The van der Waals surface area contributed by atoms with Gasteiger partial charge in [0.2, 0.25) is 0 Å². The van der Waals surface area contributed by atoms with Gasteiger partial charge in [0.05, 0.1) is 0 Å². The van der Waals surface area contributed by atoms with Gasteiger partial charge in [0.15, 0.2) is 0 Å². The van der Waals surface area contributed by atoms with E-state index in [0.29, 0.717) is 5.92 Å². The molecule has 0 heterocycles. The fourth-order valence-corrected chi connectivity index (χ4v) is 2.94. The molecule has 0 nitrogen and oxygen atoms in total. The molecule has 0 spiro atoms. The number of allylic oxidation sites excluding steroid dienone is 8. The van der Waals surface area contributed by atoms with E-state index in [0.717, 1.165) is 6.42 Å². The van der Waals surface area contributed by atoms with E-state index in [2.05, 4.69) is 37.3 Å². The third-order valence-electron chi connectivity index (χ3n) is 2.79. The molecule has 1 unspecified atom stereocenters. The first-order chi connectivity index (χ1) is 6.29. The van der Waals surface area contributed by atoms with Crippen LogP contribution < -0.4 is 0 Å². The summed E-state index contributed by atoms with van der Waals surface area (Å²) in [7, 11) is 0. The van der Waals surface area contributed by atoms with E-state index in [4.69, 9.17) is 0 Å². The van der Waals surface area contributed by atoms with Gasteiger partial charge in [-0.1, -0.05) is 0 Å². The Bertz CT molecular complexity index is 329. The molecule has 65 valence electrons. The van der Waals surface area contributed by atoms with E-state index in [1.54, 1.807) is 39.1 Å². The summed E-state index contributed by atoms with van der Waals surface area (Å²) in [4.78, 5) is 0. The van der Waals surface area contributed by atoms with E-state index in [1.165, 1.54) is 6.42 Å². The molecule has 0 radical (unpaired) electrons. The molecule has 0 aromatic rings. The molecule has 0 N–H and O–H groups in total. The van der Waals surface area contributed by atoms with Crippen molar-refractivity contribution in [3.63, 3.8) is 0 Å². The normalized spacial score (nSPS) is 22.6. The van der Waals surface area contributed by atoms with Crippen LogP contribution in [0.3, 0.4) is 0 Å². The third kappa shape index (κ3) is 1.86. The van der Waals surface area contributed by atoms with Crippen molar-refractivity contribution in [1.29, 1.82) is 0 Å². The van der Waals surface area contributed by atoms with Gasteiger partial charge in [0.1, 0.15) is 0 Å². The Labute approximate surface area is 95.0 Å². The van der Waals surface area contributed by atoms with Gasteiger partial charge in [-0.2, -0.15) is 0 Å². The molecule has 0 aliphatic heterocycles. The molecule has 0 aromatic carbocycles. The average Bonchev–Trinajstić information content (AvgIpc) is 2.72. The van der Waals surface area contributed by atoms with E-state index in [1.807, 2.05) is 0 Å². The Kier molecular flexibility index (Phi) is 2.84. The van der Waals surface area contributed by atoms with Crippen molar-refractivity contribution >= 4 is 0 Å². The Morgan fingerprint density at radius 1 is 1.31 bits per heavy atom. The maximum absolute atomic E-state index is 2.33. The zero-order valence-corrected chi connectivity index (χ0v) is 10.3. The minimum absolute atomic E-state index is 0.642. The fourth-order valence-electron chi connectivity index (χ4n) is 1.91. The monoisotopic (exact) mass is 247 g/mol. The van der Waals surface area contributed by atoms with Crippen molar-refractivity contribution in [2.75, 3.05) is 0 Å². The standard InChI is InChI=1S/C12H13.Zr/c1-10(11-6-2-3-7-11)12-8-4-5-9-12;/h2-4,6,8,10H,5,7H2,1H3;. The van der Waals surface area contributed by atoms with Crippen LogP contribution in [-0.4, -0.2) is 0 Å². The molecular formula is C12H13Zr. The Hall–Kier alpha value is -0.157. The molecule has 2 aliphatic carbocycles. The van der Waals surface area contributed by atoms with E-state index < -0.39 is 0 Å². The van der Waals surface area contributed by atoms with Gasteiger partial charge in [-0.15, -0.1) is 0 Å². The number of rotatable bonds is 2. The summed E-state index contributed by atoms with van der Waals surface area (Å²) in [6.07, 6.45) is 13.6. The van der Waals surface area contributed by atoms with Crippen LogP contribution in [0.5, 0.6) is 0 Å². The molecule has 0 bridgehead atoms. The zero-order valence-electron chi connectivity index (χ0n) is 7.88. The average molecular weight is 248 g/mol. The molecule has 13 heavy (non-hydrogen) atoms. The van der Waals surface area contributed by atoms with Crippen LogP contribution in [0.2, 0.25) is 0 Å². The van der Waals surface area contributed by atoms with Crippen molar-refractivity contribution in [3.05, 3.63) is 44.8 Å². The molecule has 0 fully saturated rings. The molecule has 0 saturated heterocycles. The van der Waals surface area contributed by atoms with E-state index in [9.17, 15) is 0 Å². The van der Waals surface area contributed by atoms with Crippen molar-refractivity contribution < 1.29 is 24.7 Å². The quantitative estimate of drug-likeness (QED) is 0.703. The summed E-state index contributed by atoms with van der Waals surface area (Å²) < 4.78 is 1.63. The summed E-state index contributed by atoms with van der Waals surface area (Å²) in [6.45, 7) is 2.33. The van der Waals surface area contributed by atoms with Crippen molar-refractivity contribution in [1.82, 2.24) is 0 Å². The van der Waals surface area contributed by atoms with Crippen molar-refractivity contribution in [2.45, 2.75) is 19.8 Å². The van der Waals surface area contributed by atoms with Gasteiger partial charge >= 0.3 is 95.2 Å². The Balaban J connectivity index is 2.17. The van der Waals surface area contributed by atoms with Crippen molar-refractivity contribution in [2.24, 2.45) is 5.92 Å². The first kappa shape index (κ1) is 9.40. The van der Waals surface area contributed by atoms with Crippen LogP contribution in [0.4, 0.5) is 0 Å². The molecule has 1 heteroatoms. The summed E-state index contributed by atoms with van der Waals surface area (Å²) in [5.74, 6) is 0.642. The second kappa shape index (κ2) is 3.92. The molecule has 2 aliphatic rings. The Morgan fingerprint density at radius 2 is 2.15 bits per heavy atom. The van der Waals surface area contributed by atoms with Crippen LogP contribution in [0.25, 0.3) is 0 Å². The Morgan fingerprint density at radius 3 is 2.69 bits per heavy atom. The van der Waals surface area contributed by atoms with Crippen LogP contribution in [0.1, 0.15) is 19.8 Å². The zero-order chi connectivity index (χ0) is 9.26. The molecule has 2 rings (SSSR count). The molecule has 0 saturated carbocycles. The van der Waals surface area contributed by atoms with Gasteiger partial charge in [0.25, 0.3) is 0 Å². The summed E-state index contributed by atoms with van der Waals surface area (Å²) in [5, 5.41) is 0. The van der Waals surface area contributed by atoms with Crippen LogP contribution >= 0.6 is 0 Å². The second-order valence-electron chi connectivity index (χ2n) is 3.64. The number of hydrogen-bond donors (Lipinski definition) is 0. The van der Waals surface area contributed by atoms with Gasteiger partial charge in [-0.25, -0.2) is 0 Å². The van der Waals surface area contributed by atoms with Gasteiger partial charge in [-0.3, -0.25) is 0 Å². The van der Waals surface area contributed by atoms with Gasteiger partial charge in [-0.05, 0) is 0 Å². The third-order valence-corrected chi connectivity index (χ3v) is 4.00. The van der Waals surface area contributed by atoms with E-state index >= 15 is 0 Å². The summed E-state index contributed by atoms with van der Waals surface area (Å²) in [6, 6.07) is 0. The van der Waals surface area contributed by atoms with Crippen molar-refractivity contribution in [3.8, 4) is 0 Å². The van der Waals surface area contributed by atoms with Crippen LogP contribution in [0.15, 0.2) is 44.8 Å². The summed E-state index contributed by atoms with van der Waals surface area (Å²) in [5.41, 5.74) is 3.15. The topological polar surface area (TPSA) is 0 Å². The minimum atomic E-state index is 0.642. The predicted molar refractivity (Wildman–Crippen MR) is 51.8 cm³/mol. The van der Waals surface area contributed by atoms with Crippen LogP contribution in [0, 0.1) is 5.92 Å². The van der Waals surface area contributed by atoms with Gasteiger partial charge in [0, 0.05) is 0 Å².